The molecular weight excluding hydrogens is 364 g/mol. The van der Waals surface area contributed by atoms with Crippen molar-refractivity contribution in [3.63, 3.8) is 0 Å². The molecule has 5 heteroatoms. The molecule has 1 aliphatic heterocycles. The summed E-state index contributed by atoms with van der Waals surface area (Å²) in [4.78, 5) is 27.7. The molecule has 0 unspecified atom stereocenters. The fourth-order valence-corrected chi connectivity index (χ4v) is 3.29. The number of carbonyl (C=O) groups is 2. The number of anilines is 1. The van der Waals surface area contributed by atoms with Crippen molar-refractivity contribution in [2.75, 3.05) is 18.5 Å². The maximum atomic E-state index is 13.2. The Kier molecular flexibility index (Phi) is 6.18. The largest absolute Gasteiger partial charge is 0.377 e. The van der Waals surface area contributed by atoms with Gasteiger partial charge >= 0.3 is 0 Å². The molecule has 0 saturated heterocycles. The quantitative estimate of drug-likeness (QED) is 0.717. The zero-order valence-electron chi connectivity index (χ0n) is 17.7. The van der Waals surface area contributed by atoms with E-state index in [-0.39, 0.29) is 24.5 Å². The lowest BCUT2D eigenvalue weighted by Gasteiger charge is -2.16. The van der Waals surface area contributed by atoms with E-state index in [2.05, 4.69) is 5.32 Å². The molecule has 0 radical (unpaired) electrons. The fraction of sp³-hybridized carbons (Fsp3) is 0.333. The molecule has 0 spiro atoms. The first-order valence-electron chi connectivity index (χ1n) is 9.92. The predicted octanol–water partition coefficient (Wildman–Crippen LogP) is 4.23. The molecule has 152 valence electrons. The van der Waals surface area contributed by atoms with E-state index in [0.29, 0.717) is 17.9 Å². The van der Waals surface area contributed by atoms with Gasteiger partial charge in [-0.2, -0.15) is 0 Å². The van der Waals surface area contributed by atoms with Gasteiger partial charge in [-0.05, 0) is 62.9 Å². The van der Waals surface area contributed by atoms with Crippen molar-refractivity contribution >= 4 is 23.1 Å². The smallest absolute Gasteiger partial charge is 0.278 e. The van der Waals surface area contributed by atoms with E-state index in [4.69, 9.17) is 4.74 Å². The van der Waals surface area contributed by atoms with Crippen molar-refractivity contribution in [3.05, 3.63) is 70.4 Å². The summed E-state index contributed by atoms with van der Waals surface area (Å²) in [5.41, 5.74) is 5.50. The first kappa shape index (κ1) is 20.8. The molecule has 0 atom stereocenters. The number of carbonyl (C=O) groups excluding carboxylic acids is 2. The molecule has 0 bridgehead atoms. The topological polar surface area (TPSA) is 58.6 Å². The molecule has 1 aliphatic rings. The van der Waals surface area contributed by atoms with Crippen molar-refractivity contribution in [2.24, 2.45) is 0 Å². The number of ether oxygens (including phenoxy) is 1. The summed E-state index contributed by atoms with van der Waals surface area (Å²) < 4.78 is 5.56. The molecule has 2 aromatic rings. The van der Waals surface area contributed by atoms with Gasteiger partial charge in [0.15, 0.2) is 0 Å². The van der Waals surface area contributed by atoms with Crippen molar-refractivity contribution in [3.8, 4) is 0 Å². The minimum Gasteiger partial charge on any atom is -0.377 e. The lowest BCUT2D eigenvalue weighted by Crippen LogP contribution is -2.35. The van der Waals surface area contributed by atoms with E-state index < -0.39 is 0 Å². The first-order valence-corrected chi connectivity index (χ1v) is 9.92. The summed E-state index contributed by atoms with van der Waals surface area (Å²) in [6, 6.07) is 13.6. The number of amides is 2. The highest BCUT2D eigenvalue weighted by Gasteiger charge is 2.39. The van der Waals surface area contributed by atoms with Gasteiger partial charge in [-0.25, -0.2) is 0 Å². The lowest BCUT2D eigenvalue weighted by atomic mass is 9.99. The Labute approximate surface area is 172 Å². The first-order chi connectivity index (χ1) is 13.8. The zero-order chi connectivity index (χ0) is 21.1. The number of para-hydroxylation sites is 1. The second-order valence-electron chi connectivity index (χ2n) is 7.67. The van der Waals surface area contributed by atoms with Gasteiger partial charge in [0, 0.05) is 5.69 Å². The molecule has 3 rings (SSSR count). The average molecular weight is 392 g/mol. The van der Waals surface area contributed by atoms with E-state index in [0.717, 1.165) is 27.9 Å². The van der Waals surface area contributed by atoms with Gasteiger partial charge in [0.1, 0.15) is 5.70 Å². The van der Waals surface area contributed by atoms with Crippen LogP contribution in [0.2, 0.25) is 0 Å². The second-order valence-corrected chi connectivity index (χ2v) is 7.67. The Balaban J connectivity index is 2.01. The number of imide groups is 1. The Bertz CT molecular complexity index is 976. The Morgan fingerprint density at radius 3 is 2.31 bits per heavy atom. The summed E-state index contributed by atoms with van der Waals surface area (Å²) >= 11 is 0. The molecule has 29 heavy (non-hydrogen) atoms. The van der Waals surface area contributed by atoms with E-state index >= 15 is 0 Å². The standard InChI is InChI=1S/C24H28N2O3/c1-15(2)29-13-12-26-23(27)21(19-11-10-16(3)18(5)14-19)22(24(26)28)25-20-9-7-6-8-17(20)4/h6-11,14-15,25H,12-13H2,1-5H3. The number of hydrogen-bond acceptors (Lipinski definition) is 4. The molecule has 5 nitrogen and oxygen atoms in total. The highest BCUT2D eigenvalue weighted by atomic mass is 16.5. The molecule has 2 amide bonds. The summed E-state index contributed by atoms with van der Waals surface area (Å²) in [5.74, 6) is -0.611. The van der Waals surface area contributed by atoms with Crippen LogP contribution in [0.3, 0.4) is 0 Å². The third-order valence-corrected chi connectivity index (χ3v) is 5.13. The van der Waals surface area contributed by atoms with Crippen molar-refractivity contribution in [1.82, 2.24) is 4.90 Å². The normalized spacial score (nSPS) is 14.3. The maximum absolute atomic E-state index is 13.2. The predicted molar refractivity (Wildman–Crippen MR) is 115 cm³/mol. The molecule has 0 aliphatic carbocycles. The van der Waals surface area contributed by atoms with Crippen LogP contribution in [0.15, 0.2) is 48.2 Å². The van der Waals surface area contributed by atoms with Gasteiger partial charge in [-0.3, -0.25) is 14.5 Å². The van der Waals surface area contributed by atoms with Gasteiger partial charge in [-0.1, -0.05) is 36.4 Å². The van der Waals surface area contributed by atoms with Gasteiger partial charge in [0.25, 0.3) is 11.8 Å². The van der Waals surface area contributed by atoms with E-state index in [9.17, 15) is 9.59 Å². The molecular formula is C24H28N2O3. The van der Waals surface area contributed by atoms with Crippen LogP contribution in [-0.2, 0) is 14.3 Å². The minimum atomic E-state index is -0.321. The average Bonchev–Trinajstić information content (AvgIpc) is 2.90. The minimum absolute atomic E-state index is 0.0412. The monoisotopic (exact) mass is 392 g/mol. The van der Waals surface area contributed by atoms with Crippen molar-refractivity contribution in [2.45, 2.75) is 40.7 Å². The van der Waals surface area contributed by atoms with Gasteiger partial charge in [0.05, 0.1) is 24.8 Å². The summed E-state index contributed by atoms with van der Waals surface area (Å²) in [6.07, 6.45) is 0.0412. The van der Waals surface area contributed by atoms with Crippen LogP contribution in [0, 0.1) is 20.8 Å². The van der Waals surface area contributed by atoms with Crippen LogP contribution in [0.25, 0.3) is 5.57 Å². The number of aryl methyl sites for hydroxylation is 3. The van der Waals surface area contributed by atoms with Crippen LogP contribution >= 0.6 is 0 Å². The zero-order valence-corrected chi connectivity index (χ0v) is 17.7. The van der Waals surface area contributed by atoms with E-state index in [1.165, 1.54) is 4.90 Å². The van der Waals surface area contributed by atoms with Crippen molar-refractivity contribution < 1.29 is 14.3 Å². The lowest BCUT2D eigenvalue weighted by molar-refractivity contribution is -0.137. The highest BCUT2D eigenvalue weighted by Crippen LogP contribution is 2.32. The molecule has 0 saturated carbocycles. The number of nitrogens with one attached hydrogen (secondary N) is 1. The van der Waals surface area contributed by atoms with Crippen molar-refractivity contribution in [1.29, 1.82) is 0 Å². The van der Waals surface area contributed by atoms with Crippen LogP contribution in [0.4, 0.5) is 5.69 Å². The number of hydrogen-bond donors (Lipinski definition) is 1. The third-order valence-electron chi connectivity index (χ3n) is 5.13. The summed E-state index contributed by atoms with van der Waals surface area (Å²) in [7, 11) is 0. The van der Waals surface area contributed by atoms with Gasteiger partial charge in [0.2, 0.25) is 0 Å². The molecule has 1 heterocycles. The summed E-state index contributed by atoms with van der Waals surface area (Å²) in [5, 5.41) is 3.23. The molecule has 2 aromatic carbocycles. The van der Waals surface area contributed by atoms with Crippen LogP contribution in [0.1, 0.15) is 36.1 Å². The van der Waals surface area contributed by atoms with Gasteiger partial charge in [-0.15, -0.1) is 0 Å². The van der Waals surface area contributed by atoms with Gasteiger partial charge < -0.3 is 10.1 Å². The Morgan fingerprint density at radius 2 is 1.66 bits per heavy atom. The molecule has 1 N–H and O–H groups in total. The van der Waals surface area contributed by atoms with Crippen LogP contribution in [-0.4, -0.2) is 36.0 Å². The van der Waals surface area contributed by atoms with E-state index in [1.54, 1.807) is 0 Å². The molecule has 0 fully saturated rings. The Hall–Kier alpha value is -2.92. The molecule has 0 aromatic heterocycles. The SMILES string of the molecule is Cc1ccc(C2=C(Nc3ccccc3C)C(=O)N(CCOC(C)C)C2=O)cc1C. The fourth-order valence-electron chi connectivity index (χ4n) is 3.29. The third kappa shape index (κ3) is 4.40. The number of nitrogens with zero attached hydrogens (tertiary/aromatic N) is 1. The van der Waals surface area contributed by atoms with E-state index in [1.807, 2.05) is 77.1 Å². The highest BCUT2D eigenvalue weighted by molar-refractivity contribution is 6.36. The number of benzene rings is 2. The maximum Gasteiger partial charge on any atom is 0.278 e. The second kappa shape index (κ2) is 8.62. The van der Waals surface area contributed by atoms with Crippen LogP contribution < -0.4 is 5.32 Å². The number of rotatable bonds is 7. The summed E-state index contributed by atoms with van der Waals surface area (Å²) in [6.45, 7) is 10.4. The Morgan fingerprint density at radius 1 is 0.931 bits per heavy atom. The van der Waals surface area contributed by atoms with Crippen LogP contribution in [0.5, 0.6) is 0 Å².